The molecule has 588 valence electrons. The van der Waals surface area contributed by atoms with Crippen molar-refractivity contribution in [2.75, 3.05) is 39.6 Å². The molecular weight excluding hydrogens is 1290 g/mol. The Morgan fingerprint density at radius 3 is 0.717 bits per heavy atom. The fraction of sp³-hybridized carbons (Fsp3) is 0.950. The van der Waals surface area contributed by atoms with E-state index >= 15 is 0 Å². The van der Waals surface area contributed by atoms with E-state index in [9.17, 15) is 43.2 Å². The van der Waals surface area contributed by atoms with Gasteiger partial charge in [-0.2, -0.15) is 0 Å². The highest BCUT2D eigenvalue weighted by molar-refractivity contribution is 7.47. The van der Waals surface area contributed by atoms with Crippen molar-refractivity contribution in [2.24, 2.45) is 23.7 Å². The van der Waals surface area contributed by atoms with Crippen molar-refractivity contribution in [2.45, 2.75) is 427 Å². The van der Waals surface area contributed by atoms with Gasteiger partial charge in [-0.05, 0) is 49.4 Å². The second kappa shape index (κ2) is 69.1. The molecule has 99 heavy (non-hydrogen) atoms. The Bertz CT molecular complexity index is 1940. The van der Waals surface area contributed by atoms with E-state index in [1.54, 1.807) is 0 Å². The number of aliphatic hydroxyl groups is 1. The zero-order chi connectivity index (χ0) is 73.1. The summed E-state index contributed by atoms with van der Waals surface area (Å²) in [7, 11) is -9.92. The van der Waals surface area contributed by atoms with E-state index in [-0.39, 0.29) is 25.7 Å². The Morgan fingerprint density at radius 2 is 0.485 bits per heavy atom. The van der Waals surface area contributed by atoms with Crippen LogP contribution in [0.25, 0.3) is 0 Å². The molecular formula is C80H156O17P2. The summed E-state index contributed by atoms with van der Waals surface area (Å²) >= 11 is 0. The van der Waals surface area contributed by atoms with Gasteiger partial charge < -0.3 is 33.8 Å². The number of phosphoric ester groups is 2. The normalized spacial score (nSPS) is 14.3. The van der Waals surface area contributed by atoms with Gasteiger partial charge in [0.15, 0.2) is 12.2 Å². The third-order valence-corrected chi connectivity index (χ3v) is 20.8. The number of aliphatic hydroxyl groups excluding tert-OH is 1. The van der Waals surface area contributed by atoms with Crippen molar-refractivity contribution in [3.63, 3.8) is 0 Å². The molecule has 0 fully saturated rings. The van der Waals surface area contributed by atoms with Crippen LogP contribution in [0, 0.1) is 23.7 Å². The second-order valence-corrected chi connectivity index (χ2v) is 33.4. The summed E-state index contributed by atoms with van der Waals surface area (Å²) in [6.07, 6.45) is 55.7. The van der Waals surface area contributed by atoms with Gasteiger partial charge in [-0.15, -0.1) is 0 Å². The number of hydrogen-bond acceptors (Lipinski definition) is 15. The molecule has 4 unspecified atom stereocenters. The molecule has 0 amide bonds. The number of hydrogen-bond donors (Lipinski definition) is 3. The summed E-state index contributed by atoms with van der Waals surface area (Å²) in [4.78, 5) is 72.9. The Morgan fingerprint density at radius 1 is 0.283 bits per heavy atom. The summed E-state index contributed by atoms with van der Waals surface area (Å²) in [6.45, 7) is 14.2. The van der Waals surface area contributed by atoms with Crippen LogP contribution in [0.3, 0.4) is 0 Å². The van der Waals surface area contributed by atoms with Crippen LogP contribution in [0.5, 0.6) is 0 Å². The standard InChI is InChI=1S/C80H156O17P2/c1-9-73(8)59-51-43-34-30-31-37-47-55-63-80(85)97-75(66-90-77(82)60-52-44-35-28-24-20-17-16-19-23-27-33-41-49-57-71(4)5)68-94-98(86,87)92-64-74(81)65-93-99(88,89)95-69-76(67-91-78(83)61-53-45-39-38-42-50-58-72(6)7)96-79(84)62-54-46-36-29-25-21-15-13-11-10-12-14-18-22-26-32-40-48-56-70(2)3/h70-76,81H,9-69H2,1-8H3,(H,86,87)(H,88,89)/t73?,74?,75-,76-/m1/s1. The SMILES string of the molecule is CCC(C)CCCCCCCCCCC(=O)O[C@H](COC(=O)CCCCCCCCCCCCCCCCC(C)C)COP(=O)(O)OCC(O)COP(=O)(O)OC[C@@H](COC(=O)CCCCCCCCC(C)C)OC(=O)CCCCCCCCCCCCCCCCCCCCC(C)C. The maximum absolute atomic E-state index is 13.1. The van der Waals surface area contributed by atoms with Gasteiger partial charge in [-0.3, -0.25) is 37.3 Å². The van der Waals surface area contributed by atoms with E-state index in [0.717, 1.165) is 114 Å². The largest absolute Gasteiger partial charge is 0.472 e. The van der Waals surface area contributed by atoms with Crippen LogP contribution in [0.15, 0.2) is 0 Å². The Hall–Kier alpha value is -1.94. The zero-order valence-corrected chi connectivity index (χ0v) is 66.9. The van der Waals surface area contributed by atoms with E-state index in [2.05, 4.69) is 55.4 Å². The fourth-order valence-corrected chi connectivity index (χ4v) is 13.8. The fourth-order valence-electron chi connectivity index (χ4n) is 12.2. The summed E-state index contributed by atoms with van der Waals surface area (Å²) < 4.78 is 68.6. The first kappa shape index (κ1) is 97.1. The Kier molecular flexibility index (Phi) is 67.8. The summed E-state index contributed by atoms with van der Waals surface area (Å²) in [5.74, 6) is 0.949. The number of esters is 4. The maximum Gasteiger partial charge on any atom is 0.472 e. The van der Waals surface area contributed by atoms with Crippen molar-refractivity contribution < 1.29 is 80.2 Å². The van der Waals surface area contributed by atoms with E-state index in [1.807, 2.05) is 0 Å². The minimum atomic E-state index is -4.96. The summed E-state index contributed by atoms with van der Waals surface area (Å²) in [5.41, 5.74) is 0. The molecule has 0 heterocycles. The van der Waals surface area contributed by atoms with Crippen LogP contribution in [0.1, 0.15) is 409 Å². The van der Waals surface area contributed by atoms with E-state index in [4.69, 9.17) is 37.0 Å². The third kappa shape index (κ3) is 72.8. The lowest BCUT2D eigenvalue weighted by molar-refractivity contribution is -0.161. The maximum atomic E-state index is 13.1. The van der Waals surface area contributed by atoms with Crippen LogP contribution >= 0.6 is 15.6 Å². The average molecular weight is 1450 g/mol. The smallest absolute Gasteiger partial charge is 0.462 e. The lowest BCUT2D eigenvalue weighted by Crippen LogP contribution is -2.30. The van der Waals surface area contributed by atoms with Crippen LogP contribution in [0.2, 0.25) is 0 Å². The molecule has 0 saturated heterocycles. The number of carbonyl (C=O) groups excluding carboxylic acids is 4. The first-order valence-electron chi connectivity index (χ1n) is 41.2. The molecule has 0 rings (SSSR count). The molecule has 0 bridgehead atoms. The van der Waals surface area contributed by atoms with Crippen LogP contribution in [0.4, 0.5) is 0 Å². The first-order valence-corrected chi connectivity index (χ1v) is 44.2. The van der Waals surface area contributed by atoms with Gasteiger partial charge in [-0.1, -0.05) is 357 Å². The molecule has 0 aromatic rings. The highest BCUT2D eigenvalue weighted by atomic mass is 31.2. The highest BCUT2D eigenvalue weighted by Crippen LogP contribution is 2.45. The molecule has 0 aromatic carbocycles. The number of ether oxygens (including phenoxy) is 4. The van der Waals surface area contributed by atoms with Crippen LogP contribution in [-0.2, 0) is 65.4 Å². The molecule has 0 spiro atoms. The highest BCUT2D eigenvalue weighted by Gasteiger charge is 2.30. The van der Waals surface area contributed by atoms with Crippen molar-refractivity contribution >= 4 is 39.5 Å². The lowest BCUT2D eigenvalue weighted by Gasteiger charge is -2.21. The molecule has 0 aliphatic heterocycles. The number of rotatable bonds is 77. The molecule has 0 aliphatic carbocycles. The zero-order valence-electron chi connectivity index (χ0n) is 65.1. The second-order valence-electron chi connectivity index (χ2n) is 30.5. The quantitative estimate of drug-likeness (QED) is 0.0222. The third-order valence-electron chi connectivity index (χ3n) is 18.9. The van der Waals surface area contributed by atoms with Gasteiger partial charge in [0.05, 0.1) is 26.4 Å². The van der Waals surface area contributed by atoms with Gasteiger partial charge in [0.1, 0.15) is 19.3 Å². The molecule has 0 aromatic heterocycles. The predicted molar refractivity (Wildman–Crippen MR) is 404 cm³/mol. The van der Waals surface area contributed by atoms with E-state index in [1.165, 1.54) is 205 Å². The van der Waals surface area contributed by atoms with Gasteiger partial charge in [-0.25, -0.2) is 9.13 Å². The van der Waals surface area contributed by atoms with Gasteiger partial charge in [0.25, 0.3) is 0 Å². The molecule has 6 atom stereocenters. The van der Waals surface area contributed by atoms with Crippen LogP contribution in [-0.4, -0.2) is 96.7 Å². The average Bonchev–Trinajstić information content (AvgIpc) is 1.10. The minimum absolute atomic E-state index is 0.105. The Labute approximate surface area is 607 Å². The topological polar surface area (TPSA) is 237 Å². The molecule has 0 aliphatic rings. The molecule has 0 saturated carbocycles. The number of phosphoric acid groups is 2. The lowest BCUT2D eigenvalue weighted by atomic mass is 9.99. The molecule has 3 N–H and O–H groups in total. The van der Waals surface area contributed by atoms with Crippen molar-refractivity contribution in [1.82, 2.24) is 0 Å². The minimum Gasteiger partial charge on any atom is -0.462 e. The number of unbranched alkanes of at least 4 members (excludes halogenated alkanes) is 42. The summed E-state index contributed by atoms with van der Waals surface area (Å²) in [6, 6.07) is 0. The van der Waals surface area contributed by atoms with E-state index < -0.39 is 97.5 Å². The summed E-state index contributed by atoms with van der Waals surface area (Å²) in [5, 5.41) is 10.6. The molecule has 0 radical (unpaired) electrons. The first-order chi connectivity index (χ1) is 47.6. The monoisotopic (exact) mass is 1450 g/mol. The van der Waals surface area contributed by atoms with Crippen molar-refractivity contribution in [1.29, 1.82) is 0 Å². The van der Waals surface area contributed by atoms with E-state index in [0.29, 0.717) is 31.6 Å². The Balaban J connectivity index is 5.17. The van der Waals surface area contributed by atoms with Gasteiger partial charge in [0.2, 0.25) is 0 Å². The van der Waals surface area contributed by atoms with Gasteiger partial charge in [0, 0.05) is 25.7 Å². The van der Waals surface area contributed by atoms with Crippen molar-refractivity contribution in [3.8, 4) is 0 Å². The predicted octanol–water partition coefficient (Wildman–Crippen LogP) is 23.6. The van der Waals surface area contributed by atoms with Crippen molar-refractivity contribution in [3.05, 3.63) is 0 Å². The van der Waals surface area contributed by atoms with Crippen LogP contribution < -0.4 is 0 Å². The molecule has 19 heteroatoms. The number of carbonyl (C=O) groups is 4. The molecule has 17 nitrogen and oxygen atoms in total. The van der Waals surface area contributed by atoms with Gasteiger partial charge >= 0.3 is 39.5 Å².